The van der Waals surface area contributed by atoms with E-state index in [4.69, 9.17) is 9.15 Å². The lowest BCUT2D eigenvalue weighted by atomic mass is 9.96. The first kappa shape index (κ1) is 21.2. The summed E-state index contributed by atoms with van der Waals surface area (Å²) < 4.78 is 11.5. The van der Waals surface area contributed by atoms with Gasteiger partial charge < -0.3 is 14.5 Å². The second-order valence-corrected chi connectivity index (χ2v) is 8.45. The third-order valence-corrected chi connectivity index (χ3v) is 6.18. The number of nitrogens with one attached hydrogen (secondary N) is 1. The second-order valence-electron chi connectivity index (χ2n) is 8.45. The van der Waals surface area contributed by atoms with Crippen LogP contribution in [0.4, 0.5) is 0 Å². The first-order chi connectivity index (χ1) is 16.2. The van der Waals surface area contributed by atoms with E-state index in [1.807, 2.05) is 30.3 Å². The van der Waals surface area contributed by atoms with Gasteiger partial charge in [0, 0.05) is 37.4 Å². The Kier molecular flexibility index (Phi) is 6.09. The summed E-state index contributed by atoms with van der Waals surface area (Å²) in [6.45, 7) is 2.77. The molecule has 3 heterocycles. The monoisotopic (exact) mass is 441 g/mol. The maximum Gasteiger partial charge on any atom is 0.224 e. The number of amides is 1. The molecule has 0 bridgehead atoms. The Balaban J connectivity index is 1.29. The van der Waals surface area contributed by atoms with Crippen LogP contribution in [0.25, 0.3) is 22.1 Å². The van der Waals surface area contributed by atoms with Gasteiger partial charge in [-0.05, 0) is 47.4 Å². The molecule has 33 heavy (non-hydrogen) atoms. The van der Waals surface area contributed by atoms with Crippen LogP contribution in [0.1, 0.15) is 11.3 Å². The van der Waals surface area contributed by atoms with Crippen LogP contribution in [0.2, 0.25) is 0 Å². The maximum absolute atomic E-state index is 12.7. The number of methoxy groups -OCH3 is 1. The summed E-state index contributed by atoms with van der Waals surface area (Å²) in [7, 11) is 1.65. The highest BCUT2D eigenvalue weighted by Gasteiger charge is 2.26. The molecular formula is C27H27N3O3. The molecule has 0 spiro atoms. The Morgan fingerprint density at radius 3 is 2.67 bits per heavy atom. The lowest BCUT2D eigenvalue weighted by molar-refractivity contribution is -0.124. The number of furan rings is 1. The topological polar surface area (TPSA) is 67.6 Å². The zero-order chi connectivity index (χ0) is 22.6. The van der Waals surface area contributed by atoms with E-state index < -0.39 is 0 Å². The molecule has 6 nitrogen and oxygen atoms in total. The van der Waals surface area contributed by atoms with E-state index in [2.05, 4.69) is 45.5 Å². The highest BCUT2D eigenvalue weighted by Crippen LogP contribution is 2.29. The molecule has 4 aromatic rings. The highest BCUT2D eigenvalue weighted by molar-refractivity contribution is 5.83. The predicted octanol–water partition coefficient (Wildman–Crippen LogP) is 4.29. The van der Waals surface area contributed by atoms with Crippen LogP contribution >= 0.6 is 0 Å². The van der Waals surface area contributed by atoms with E-state index >= 15 is 0 Å². The number of ether oxygens (including phenoxy) is 1. The summed E-state index contributed by atoms with van der Waals surface area (Å²) in [6.07, 6.45) is 4.30. The molecule has 1 atom stereocenters. The number of aromatic nitrogens is 1. The molecule has 0 aliphatic carbocycles. The molecule has 1 aliphatic heterocycles. The molecule has 1 N–H and O–H groups in total. The van der Waals surface area contributed by atoms with Gasteiger partial charge in [-0.25, -0.2) is 0 Å². The standard InChI is InChI=1S/C27H27N3O3/c1-32-25-4-2-3-22-16-24(33-26(22)25)18-30-14-13-29-27(31)23(17-30)15-19-5-7-20(8-6-19)21-9-11-28-12-10-21/h2-12,16,23H,13-15,17-18H2,1H3,(H,29,31). The van der Waals surface area contributed by atoms with Crippen molar-refractivity contribution < 1.29 is 13.9 Å². The molecule has 1 fully saturated rings. The van der Waals surface area contributed by atoms with Crippen LogP contribution in [0.15, 0.2) is 77.5 Å². The molecule has 5 rings (SSSR count). The van der Waals surface area contributed by atoms with Crippen molar-refractivity contribution in [2.24, 2.45) is 5.92 Å². The van der Waals surface area contributed by atoms with Gasteiger partial charge in [-0.15, -0.1) is 0 Å². The summed E-state index contributed by atoms with van der Waals surface area (Å²) in [5.41, 5.74) is 4.21. The molecule has 0 saturated carbocycles. The molecule has 1 aliphatic rings. The van der Waals surface area contributed by atoms with E-state index in [-0.39, 0.29) is 11.8 Å². The summed E-state index contributed by atoms with van der Waals surface area (Å²) in [5.74, 6) is 1.61. The number of para-hydroxylation sites is 1. The first-order valence-corrected chi connectivity index (χ1v) is 11.2. The SMILES string of the molecule is COc1cccc2cc(CN3CCNC(=O)C(Cc4ccc(-c5ccncc5)cc4)C3)oc12. The van der Waals surface area contributed by atoms with Gasteiger partial charge in [-0.3, -0.25) is 14.7 Å². The number of carbonyl (C=O) groups is 1. The van der Waals surface area contributed by atoms with E-state index in [1.165, 1.54) is 0 Å². The summed E-state index contributed by atoms with van der Waals surface area (Å²) in [6, 6.07) is 20.4. The van der Waals surface area contributed by atoms with Crippen molar-refractivity contribution in [3.05, 3.63) is 84.4 Å². The van der Waals surface area contributed by atoms with Gasteiger partial charge in [0.1, 0.15) is 5.76 Å². The number of carbonyl (C=O) groups excluding carboxylic acids is 1. The number of benzene rings is 2. The lowest BCUT2D eigenvalue weighted by Crippen LogP contribution is -2.33. The quantitative estimate of drug-likeness (QED) is 0.483. The van der Waals surface area contributed by atoms with Gasteiger partial charge in [-0.1, -0.05) is 36.4 Å². The average Bonchev–Trinajstić information content (AvgIpc) is 3.19. The van der Waals surface area contributed by atoms with Gasteiger partial charge >= 0.3 is 0 Å². The predicted molar refractivity (Wildman–Crippen MR) is 128 cm³/mol. The Labute approximate surface area is 193 Å². The number of nitrogens with zero attached hydrogens (tertiary/aromatic N) is 2. The fourth-order valence-corrected chi connectivity index (χ4v) is 4.48. The van der Waals surface area contributed by atoms with Gasteiger partial charge in [0.05, 0.1) is 19.6 Å². The van der Waals surface area contributed by atoms with E-state index in [9.17, 15) is 4.79 Å². The van der Waals surface area contributed by atoms with Gasteiger partial charge in [0.15, 0.2) is 11.3 Å². The second kappa shape index (κ2) is 9.46. The average molecular weight is 442 g/mol. The Morgan fingerprint density at radius 1 is 1.09 bits per heavy atom. The largest absolute Gasteiger partial charge is 0.493 e. The maximum atomic E-state index is 12.7. The third kappa shape index (κ3) is 4.76. The van der Waals surface area contributed by atoms with Crippen LogP contribution in [0.5, 0.6) is 5.75 Å². The molecule has 1 unspecified atom stereocenters. The van der Waals surface area contributed by atoms with Crippen molar-refractivity contribution in [1.82, 2.24) is 15.2 Å². The molecule has 2 aromatic heterocycles. The normalized spacial score (nSPS) is 17.0. The zero-order valence-electron chi connectivity index (χ0n) is 18.7. The van der Waals surface area contributed by atoms with Crippen LogP contribution in [0.3, 0.4) is 0 Å². The van der Waals surface area contributed by atoms with Crippen LogP contribution in [-0.2, 0) is 17.8 Å². The molecule has 1 amide bonds. The zero-order valence-corrected chi connectivity index (χ0v) is 18.7. The molecular weight excluding hydrogens is 414 g/mol. The van der Waals surface area contributed by atoms with Crippen molar-refractivity contribution in [3.63, 3.8) is 0 Å². The lowest BCUT2D eigenvalue weighted by Gasteiger charge is -2.22. The number of fused-ring (bicyclic) bond motifs is 1. The van der Waals surface area contributed by atoms with Crippen molar-refractivity contribution in [1.29, 1.82) is 0 Å². The van der Waals surface area contributed by atoms with Gasteiger partial charge in [-0.2, -0.15) is 0 Å². The minimum atomic E-state index is -0.113. The molecule has 168 valence electrons. The fourth-order valence-electron chi connectivity index (χ4n) is 4.48. The van der Waals surface area contributed by atoms with Crippen LogP contribution < -0.4 is 10.1 Å². The number of hydrogen-bond acceptors (Lipinski definition) is 5. The van der Waals surface area contributed by atoms with E-state index in [0.717, 1.165) is 45.7 Å². The van der Waals surface area contributed by atoms with Crippen molar-refractivity contribution in [2.75, 3.05) is 26.7 Å². The number of pyridine rings is 1. The molecule has 2 aromatic carbocycles. The molecule has 1 saturated heterocycles. The van der Waals surface area contributed by atoms with Gasteiger partial charge in [0.25, 0.3) is 0 Å². The summed E-state index contributed by atoms with van der Waals surface area (Å²) in [4.78, 5) is 19.1. The smallest absolute Gasteiger partial charge is 0.224 e. The number of hydrogen-bond donors (Lipinski definition) is 1. The minimum absolute atomic E-state index is 0.113. The highest BCUT2D eigenvalue weighted by atomic mass is 16.5. The number of rotatable bonds is 6. The summed E-state index contributed by atoms with van der Waals surface area (Å²) in [5, 5.41) is 4.10. The Bertz CT molecular complexity index is 1230. The van der Waals surface area contributed by atoms with E-state index in [1.54, 1.807) is 19.5 Å². The molecule has 6 heteroatoms. The van der Waals surface area contributed by atoms with Gasteiger partial charge in [0.2, 0.25) is 5.91 Å². The summed E-state index contributed by atoms with van der Waals surface area (Å²) >= 11 is 0. The van der Waals surface area contributed by atoms with E-state index in [0.29, 0.717) is 26.1 Å². The van der Waals surface area contributed by atoms with Crippen LogP contribution in [0, 0.1) is 5.92 Å². The van der Waals surface area contributed by atoms with Crippen molar-refractivity contribution >= 4 is 16.9 Å². The Morgan fingerprint density at radius 2 is 1.88 bits per heavy atom. The first-order valence-electron chi connectivity index (χ1n) is 11.2. The Hall–Kier alpha value is -3.64. The van der Waals surface area contributed by atoms with Crippen LogP contribution in [-0.4, -0.2) is 42.5 Å². The fraction of sp³-hybridized carbons (Fsp3) is 0.259. The third-order valence-electron chi connectivity index (χ3n) is 6.18. The van der Waals surface area contributed by atoms with Crippen molar-refractivity contribution in [3.8, 4) is 16.9 Å². The molecule has 0 radical (unpaired) electrons. The minimum Gasteiger partial charge on any atom is -0.493 e. The van der Waals surface area contributed by atoms with Crippen molar-refractivity contribution in [2.45, 2.75) is 13.0 Å².